The van der Waals surface area contributed by atoms with Crippen molar-refractivity contribution < 1.29 is 0 Å². The smallest absolute Gasteiger partial charge is 0.215 e. The third-order valence-corrected chi connectivity index (χ3v) is 2.53. The monoisotopic (exact) mass is 229 g/mol. The number of nitrogens with one attached hydrogen (secondary N) is 1. The molecule has 2 rings (SSSR count). The second kappa shape index (κ2) is 4.69. The Hall–Kier alpha value is -2.30. The maximum atomic E-state index is 7.28. The first-order valence-corrected chi connectivity index (χ1v) is 5.39. The van der Waals surface area contributed by atoms with Crippen molar-refractivity contribution in [3.63, 3.8) is 0 Å². The van der Waals surface area contributed by atoms with Gasteiger partial charge in [-0.25, -0.2) is 0 Å². The topological polar surface area (TPSA) is 93.7 Å². The summed E-state index contributed by atoms with van der Waals surface area (Å²) >= 11 is 0. The average Bonchev–Trinajstić information content (AvgIpc) is 2.69. The maximum absolute atomic E-state index is 7.28. The summed E-state index contributed by atoms with van der Waals surface area (Å²) in [4.78, 5) is 0. The highest BCUT2D eigenvalue weighted by molar-refractivity contribution is 5.79. The zero-order valence-corrected chi connectivity index (χ0v) is 9.43. The fourth-order valence-corrected chi connectivity index (χ4v) is 1.68. The van der Waals surface area contributed by atoms with Gasteiger partial charge in [0.1, 0.15) is 5.82 Å². The van der Waals surface area contributed by atoms with Crippen molar-refractivity contribution in [2.45, 2.75) is 12.8 Å². The molecule has 0 atom stereocenters. The third kappa shape index (κ3) is 2.63. The fourth-order valence-electron chi connectivity index (χ4n) is 1.68. The number of nitrogens with zero attached hydrogens (tertiary/aromatic N) is 2. The van der Waals surface area contributed by atoms with Crippen LogP contribution in [0.2, 0.25) is 0 Å². The molecule has 88 valence electrons. The molecule has 5 N–H and O–H groups in total. The van der Waals surface area contributed by atoms with E-state index in [0.717, 1.165) is 18.5 Å². The summed E-state index contributed by atoms with van der Waals surface area (Å²) in [5.41, 5.74) is 13.1. The summed E-state index contributed by atoms with van der Waals surface area (Å²) in [6.45, 7) is 0. The normalized spacial score (nSPS) is 10.4. The van der Waals surface area contributed by atoms with Crippen molar-refractivity contribution in [2.24, 2.45) is 5.73 Å². The van der Waals surface area contributed by atoms with Crippen molar-refractivity contribution in [3.8, 4) is 0 Å². The molecule has 2 aromatic rings. The predicted molar refractivity (Wildman–Crippen MR) is 67.8 cm³/mol. The van der Waals surface area contributed by atoms with Gasteiger partial charge >= 0.3 is 0 Å². The van der Waals surface area contributed by atoms with Crippen molar-refractivity contribution in [3.05, 3.63) is 47.7 Å². The van der Waals surface area contributed by atoms with E-state index < -0.39 is 0 Å². The number of aromatic nitrogens is 2. The van der Waals surface area contributed by atoms with Gasteiger partial charge < -0.3 is 11.5 Å². The van der Waals surface area contributed by atoms with E-state index in [4.69, 9.17) is 16.9 Å². The molecule has 0 amide bonds. The molecule has 0 fully saturated rings. The number of anilines is 1. The molecule has 0 saturated heterocycles. The molecular weight excluding hydrogens is 214 g/mol. The summed E-state index contributed by atoms with van der Waals surface area (Å²) in [5, 5.41) is 11.5. The molecule has 1 aromatic heterocycles. The molecule has 0 spiro atoms. The minimum absolute atomic E-state index is 0.159. The van der Waals surface area contributed by atoms with E-state index >= 15 is 0 Å². The van der Waals surface area contributed by atoms with E-state index in [2.05, 4.69) is 17.2 Å². The SMILES string of the molecule is N=C(N)n1nc(CCc2ccccc2)cc1N. The van der Waals surface area contributed by atoms with Crippen molar-refractivity contribution in [1.29, 1.82) is 5.41 Å². The fraction of sp³-hybridized carbons (Fsp3) is 0.167. The predicted octanol–water partition coefficient (Wildman–Crippen LogP) is 0.992. The molecule has 0 saturated carbocycles. The third-order valence-electron chi connectivity index (χ3n) is 2.53. The highest BCUT2D eigenvalue weighted by atomic mass is 15.4. The lowest BCUT2D eigenvalue weighted by Gasteiger charge is -1.99. The van der Waals surface area contributed by atoms with Gasteiger partial charge in [0.25, 0.3) is 0 Å². The minimum atomic E-state index is -0.159. The number of benzene rings is 1. The van der Waals surface area contributed by atoms with E-state index in [1.807, 2.05) is 18.2 Å². The van der Waals surface area contributed by atoms with Crippen LogP contribution in [0.15, 0.2) is 36.4 Å². The Morgan fingerprint density at radius 1 is 1.24 bits per heavy atom. The second-order valence-electron chi connectivity index (χ2n) is 3.84. The molecule has 0 aliphatic carbocycles. The zero-order chi connectivity index (χ0) is 12.3. The van der Waals surface area contributed by atoms with E-state index in [0.29, 0.717) is 5.82 Å². The Morgan fingerprint density at radius 2 is 1.94 bits per heavy atom. The molecule has 0 unspecified atom stereocenters. The van der Waals surface area contributed by atoms with Crippen LogP contribution < -0.4 is 11.5 Å². The molecular formula is C12H15N5. The summed E-state index contributed by atoms with van der Waals surface area (Å²) in [6, 6.07) is 11.9. The molecule has 0 aliphatic rings. The average molecular weight is 229 g/mol. The summed E-state index contributed by atoms with van der Waals surface area (Å²) in [6.07, 6.45) is 1.68. The van der Waals surface area contributed by atoms with Crippen molar-refractivity contribution >= 4 is 11.8 Å². The Bertz CT molecular complexity index is 515. The van der Waals surface area contributed by atoms with Gasteiger partial charge in [0.05, 0.1) is 5.69 Å². The first-order chi connectivity index (χ1) is 8.16. The number of rotatable bonds is 3. The standard InChI is InChI=1S/C12H15N5/c13-11-8-10(16-17(11)12(14)15)7-6-9-4-2-1-3-5-9/h1-5,8H,6-7,13H2,(H3,14,15). The lowest BCUT2D eigenvalue weighted by Crippen LogP contribution is -2.23. The molecule has 5 heteroatoms. The van der Waals surface area contributed by atoms with E-state index in [1.54, 1.807) is 6.07 Å². The van der Waals surface area contributed by atoms with Crippen LogP contribution in [0.5, 0.6) is 0 Å². The Kier molecular flexibility index (Phi) is 3.09. The quantitative estimate of drug-likeness (QED) is 0.541. The lowest BCUT2D eigenvalue weighted by atomic mass is 10.1. The van der Waals surface area contributed by atoms with Gasteiger partial charge in [-0.2, -0.15) is 9.78 Å². The molecule has 1 aromatic carbocycles. The highest BCUT2D eigenvalue weighted by Gasteiger charge is 2.06. The van der Waals surface area contributed by atoms with Gasteiger partial charge in [-0.3, -0.25) is 5.41 Å². The molecule has 5 nitrogen and oxygen atoms in total. The maximum Gasteiger partial charge on any atom is 0.215 e. The van der Waals surface area contributed by atoms with E-state index in [-0.39, 0.29) is 5.96 Å². The molecule has 17 heavy (non-hydrogen) atoms. The number of aryl methyl sites for hydroxylation is 2. The van der Waals surface area contributed by atoms with Gasteiger partial charge in [-0.15, -0.1) is 0 Å². The summed E-state index contributed by atoms with van der Waals surface area (Å²) in [7, 11) is 0. The van der Waals surface area contributed by atoms with Crippen LogP contribution >= 0.6 is 0 Å². The van der Waals surface area contributed by atoms with Crippen molar-refractivity contribution in [2.75, 3.05) is 5.73 Å². The summed E-state index contributed by atoms with van der Waals surface area (Å²) in [5.74, 6) is 0.244. The Labute approximate surface area is 99.6 Å². The number of hydrogen-bond acceptors (Lipinski definition) is 3. The highest BCUT2D eigenvalue weighted by Crippen LogP contribution is 2.09. The van der Waals surface area contributed by atoms with Crippen LogP contribution in [0, 0.1) is 5.41 Å². The van der Waals surface area contributed by atoms with Crippen LogP contribution in [-0.4, -0.2) is 15.7 Å². The Balaban J connectivity index is 2.05. The number of nitrogens with two attached hydrogens (primary N) is 2. The van der Waals surface area contributed by atoms with Gasteiger partial charge in [0.2, 0.25) is 5.96 Å². The molecule has 0 bridgehead atoms. The van der Waals surface area contributed by atoms with Crippen LogP contribution in [0.25, 0.3) is 0 Å². The van der Waals surface area contributed by atoms with E-state index in [1.165, 1.54) is 10.2 Å². The lowest BCUT2D eigenvalue weighted by molar-refractivity contribution is 0.840. The van der Waals surface area contributed by atoms with E-state index in [9.17, 15) is 0 Å². The molecule has 0 aliphatic heterocycles. The van der Waals surface area contributed by atoms with Gasteiger partial charge in [0.15, 0.2) is 0 Å². The largest absolute Gasteiger partial charge is 0.383 e. The zero-order valence-electron chi connectivity index (χ0n) is 9.43. The van der Waals surface area contributed by atoms with Gasteiger partial charge in [0, 0.05) is 6.07 Å². The van der Waals surface area contributed by atoms with Crippen LogP contribution in [0.3, 0.4) is 0 Å². The van der Waals surface area contributed by atoms with Crippen LogP contribution in [-0.2, 0) is 12.8 Å². The van der Waals surface area contributed by atoms with Crippen molar-refractivity contribution in [1.82, 2.24) is 9.78 Å². The van der Waals surface area contributed by atoms with Gasteiger partial charge in [-0.1, -0.05) is 30.3 Å². The first kappa shape index (κ1) is 11.2. The first-order valence-electron chi connectivity index (χ1n) is 5.39. The molecule has 1 heterocycles. The van der Waals surface area contributed by atoms with Gasteiger partial charge in [-0.05, 0) is 18.4 Å². The molecule has 0 radical (unpaired) electrons. The minimum Gasteiger partial charge on any atom is -0.383 e. The van der Waals surface area contributed by atoms with Crippen LogP contribution in [0.1, 0.15) is 11.3 Å². The second-order valence-corrected chi connectivity index (χ2v) is 3.84. The van der Waals surface area contributed by atoms with Crippen LogP contribution in [0.4, 0.5) is 5.82 Å². The summed E-state index contributed by atoms with van der Waals surface area (Å²) < 4.78 is 1.24. The number of nitrogen functional groups attached to an aromatic ring is 2. The number of hydrogen-bond donors (Lipinski definition) is 3. The Morgan fingerprint density at radius 3 is 2.53 bits per heavy atom.